The van der Waals surface area contributed by atoms with Crippen LogP contribution in [0.25, 0.3) is 10.8 Å². The zero-order valence-electron chi connectivity index (χ0n) is 11.5. The Bertz CT molecular complexity index is 808. The highest BCUT2D eigenvalue weighted by molar-refractivity contribution is 6.00. The average Bonchev–Trinajstić information content (AvgIpc) is 2.90. The minimum atomic E-state index is -1.00. The Morgan fingerprint density at radius 2 is 2.05 bits per heavy atom. The molecule has 0 aliphatic carbocycles. The van der Waals surface area contributed by atoms with Crippen LogP contribution in [0.2, 0.25) is 0 Å². The maximum absolute atomic E-state index is 11.4. The van der Waals surface area contributed by atoms with Crippen LogP contribution in [-0.2, 0) is 13.7 Å². The maximum atomic E-state index is 11.4. The van der Waals surface area contributed by atoms with Crippen molar-refractivity contribution in [1.82, 2.24) is 9.78 Å². The Hall–Kier alpha value is -2.82. The van der Waals surface area contributed by atoms with Crippen molar-refractivity contribution in [1.29, 1.82) is 0 Å². The lowest BCUT2D eigenvalue weighted by Gasteiger charge is -2.11. The van der Waals surface area contributed by atoms with Crippen molar-refractivity contribution in [2.75, 3.05) is 0 Å². The summed E-state index contributed by atoms with van der Waals surface area (Å²) >= 11 is 0. The van der Waals surface area contributed by atoms with Crippen LogP contribution in [0, 0.1) is 0 Å². The second-order valence-corrected chi connectivity index (χ2v) is 4.74. The number of aromatic nitrogens is 2. The molecule has 0 spiro atoms. The van der Waals surface area contributed by atoms with Gasteiger partial charge in [0.1, 0.15) is 17.9 Å². The molecule has 21 heavy (non-hydrogen) atoms. The van der Waals surface area contributed by atoms with E-state index in [1.807, 2.05) is 43.6 Å². The van der Waals surface area contributed by atoms with Gasteiger partial charge < -0.3 is 9.84 Å². The molecular weight excluding hydrogens is 268 g/mol. The van der Waals surface area contributed by atoms with Gasteiger partial charge in [-0.3, -0.25) is 4.68 Å². The van der Waals surface area contributed by atoms with Gasteiger partial charge in [-0.05, 0) is 17.5 Å². The number of hydrogen-bond donors (Lipinski definition) is 1. The van der Waals surface area contributed by atoms with Crippen LogP contribution in [0.1, 0.15) is 16.1 Å². The molecule has 2 aromatic carbocycles. The predicted molar refractivity (Wildman–Crippen MR) is 78.4 cm³/mol. The molecule has 0 saturated carbocycles. The molecule has 0 bridgehead atoms. The topological polar surface area (TPSA) is 64.3 Å². The number of fused-ring (bicyclic) bond motifs is 1. The molecule has 1 heterocycles. The van der Waals surface area contributed by atoms with E-state index in [-0.39, 0.29) is 12.2 Å². The van der Waals surface area contributed by atoms with Gasteiger partial charge in [0.2, 0.25) is 0 Å². The van der Waals surface area contributed by atoms with Gasteiger partial charge in [-0.1, -0.05) is 30.3 Å². The van der Waals surface area contributed by atoms with Crippen LogP contribution < -0.4 is 4.74 Å². The summed E-state index contributed by atoms with van der Waals surface area (Å²) in [6, 6.07) is 12.7. The van der Waals surface area contributed by atoms with E-state index in [9.17, 15) is 9.90 Å². The third-order valence-electron chi connectivity index (χ3n) is 3.24. The lowest BCUT2D eigenvalue weighted by atomic mass is 10.1. The van der Waals surface area contributed by atoms with E-state index in [0.717, 1.165) is 16.5 Å². The third-order valence-corrected chi connectivity index (χ3v) is 3.24. The molecule has 0 fully saturated rings. The predicted octanol–water partition coefficient (Wildman–Crippen LogP) is 2.85. The number of carbonyl (C=O) groups is 1. The van der Waals surface area contributed by atoms with Crippen LogP contribution in [0.3, 0.4) is 0 Å². The maximum Gasteiger partial charge on any atom is 0.339 e. The minimum Gasteiger partial charge on any atom is -0.486 e. The molecule has 0 aliphatic rings. The molecule has 0 amide bonds. The highest BCUT2D eigenvalue weighted by Crippen LogP contribution is 2.30. The number of rotatable bonds is 4. The first kappa shape index (κ1) is 13.2. The van der Waals surface area contributed by atoms with Gasteiger partial charge in [0, 0.05) is 18.6 Å². The van der Waals surface area contributed by atoms with E-state index in [0.29, 0.717) is 5.75 Å². The molecule has 3 aromatic rings. The van der Waals surface area contributed by atoms with Crippen molar-refractivity contribution >= 4 is 16.7 Å². The Morgan fingerprint density at radius 3 is 2.76 bits per heavy atom. The van der Waals surface area contributed by atoms with Gasteiger partial charge in [0.25, 0.3) is 0 Å². The van der Waals surface area contributed by atoms with Gasteiger partial charge in [0.15, 0.2) is 0 Å². The van der Waals surface area contributed by atoms with Gasteiger partial charge in [-0.2, -0.15) is 5.10 Å². The van der Waals surface area contributed by atoms with Crippen molar-refractivity contribution in [3.8, 4) is 5.75 Å². The van der Waals surface area contributed by atoms with Gasteiger partial charge in [-0.25, -0.2) is 4.79 Å². The van der Waals surface area contributed by atoms with Crippen molar-refractivity contribution in [3.05, 3.63) is 59.9 Å². The summed E-state index contributed by atoms with van der Waals surface area (Å²) in [5.74, 6) is -0.622. The average molecular weight is 282 g/mol. The molecule has 0 aliphatic heterocycles. The van der Waals surface area contributed by atoms with Crippen LogP contribution in [0.5, 0.6) is 5.75 Å². The zero-order valence-corrected chi connectivity index (χ0v) is 11.5. The van der Waals surface area contributed by atoms with E-state index in [4.69, 9.17) is 4.74 Å². The fourth-order valence-electron chi connectivity index (χ4n) is 2.25. The van der Waals surface area contributed by atoms with E-state index >= 15 is 0 Å². The molecule has 1 aromatic heterocycles. The van der Waals surface area contributed by atoms with Gasteiger partial charge in [-0.15, -0.1) is 0 Å². The molecule has 3 rings (SSSR count). The summed E-state index contributed by atoms with van der Waals surface area (Å²) in [5.41, 5.74) is 0.909. The van der Waals surface area contributed by atoms with Crippen molar-refractivity contribution in [2.45, 2.75) is 6.61 Å². The highest BCUT2D eigenvalue weighted by atomic mass is 16.5. The minimum absolute atomic E-state index is 0.157. The van der Waals surface area contributed by atoms with Crippen molar-refractivity contribution in [3.63, 3.8) is 0 Å². The molecule has 0 saturated heterocycles. The number of nitrogens with zero attached hydrogens (tertiary/aromatic N) is 2. The Kier molecular flexibility index (Phi) is 3.31. The molecule has 0 atom stereocenters. The van der Waals surface area contributed by atoms with Gasteiger partial charge >= 0.3 is 5.97 Å². The fourth-order valence-corrected chi connectivity index (χ4v) is 2.25. The number of benzene rings is 2. The summed E-state index contributed by atoms with van der Waals surface area (Å²) in [6.45, 7) is 0.231. The number of carboxylic acid groups (broad SMARTS) is 1. The number of ether oxygens (including phenoxy) is 1. The van der Waals surface area contributed by atoms with Crippen molar-refractivity contribution < 1.29 is 14.6 Å². The van der Waals surface area contributed by atoms with E-state index in [2.05, 4.69) is 5.10 Å². The smallest absolute Gasteiger partial charge is 0.339 e. The quantitative estimate of drug-likeness (QED) is 0.799. The zero-order chi connectivity index (χ0) is 14.8. The third kappa shape index (κ3) is 2.58. The first-order chi connectivity index (χ1) is 10.1. The number of hydrogen-bond acceptors (Lipinski definition) is 3. The summed E-state index contributed by atoms with van der Waals surface area (Å²) in [5, 5.41) is 15.3. The second kappa shape index (κ2) is 5.28. The van der Waals surface area contributed by atoms with Crippen LogP contribution in [0.15, 0.2) is 48.7 Å². The molecule has 0 radical (unpaired) electrons. The Labute approximate surface area is 121 Å². The summed E-state index contributed by atoms with van der Waals surface area (Å²) in [7, 11) is 1.82. The second-order valence-electron chi connectivity index (χ2n) is 4.74. The lowest BCUT2D eigenvalue weighted by molar-refractivity contribution is 0.0692. The number of aryl methyl sites for hydroxylation is 1. The van der Waals surface area contributed by atoms with E-state index in [1.54, 1.807) is 16.8 Å². The summed E-state index contributed by atoms with van der Waals surface area (Å²) in [6.07, 6.45) is 1.82. The van der Waals surface area contributed by atoms with Crippen LogP contribution in [-0.4, -0.2) is 20.9 Å². The summed E-state index contributed by atoms with van der Waals surface area (Å²) < 4.78 is 7.43. The van der Waals surface area contributed by atoms with Gasteiger partial charge in [0.05, 0.1) is 5.69 Å². The largest absolute Gasteiger partial charge is 0.486 e. The summed E-state index contributed by atoms with van der Waals surface area (Å²) in [4.78, 5) is 11.4. The Balaban J connectivity index is 2.01. The number of aromatic carboxylic acids is 1. The fraction of sp³-hybridized carbons (Fsp3) is 0.125. The van der Waals surface area contributed by atoms with Crippen LogP contribution >= 0.6 is 0 Å². The Morgan fingerprint density at radius 1 is 1.24 bits per heavy atom. The molecule has 1 N–H and O–H groups in total. The SMILES string of the molecule is Cn1ccc(COc2c(C(=O)O)ccc3ccccc23)n1. The first-order valence-corrected chi connectivity index (χ1v) is 6.51. The van der Waals surface area contributed by atoms with Crippen molar-refractivity contribution in [2.24, 2.45) is 7.05 Å². The van der Waals surface area contributed by atoms with E-state index < -0.39 is 5.97 Å². The monoisotopic (exact) mass is 282 g/mol. The molecule has 0 unspecified atom stereocenters. The highest BCUT2D eigenvalue weighted by Gasteiger charge is 2.15. The number of carboxylic acids is 1. The first-order valence-electron chi connectivity index (χ1n) is 6.51. The van der Waals surface area contributed by atoms with Crippen LogP contribution in [0.4, 0.5) is 0 Å². The molecule has 106 valence electrons. The normalized spacial score (nSPS) is 10.7. The molecule has 5 heteroatoms. The molecule has 5 nitrogen and oxygen atoms in total. The molecular formula is C16H14N2O3. The lowest BCUT2D eigenvalue weighted by Crippen LogP contribution is -2.04. The standard InChI is InChI=1S/C16H14N2O3/c1-18-9-8-12(17-18)10-21-15-13-5-3-2-4-11(13)6-7-14(15)16(19)20/h2-9H,10H2,1H3,(H,19,20). The van der Waals surface area contributed by atoms with E-state index in [1.165, 1.54) is 0 Å².